The van der Waals surface area contributed by atoms with E-state index < -0.39 is 5.82 Å². The summed E-state index contributed by atoms with van der Waals surface area (Å²) in [5.74, 6) is -0.319. The van der Waals surface area contributed by atoms with Gasteiger partial charge in [0, 0.05) is 11.8 Å². The summed E-state index contributed by atoms with van der Waals surface area (Å²) in [5.41, 5.74) is 1.03. The zero-order valence-corrected chi connectivity index (χ0v) is 7.53. The molecule has 1 N–H and O–H groups in total. The standard InChI is InChI=1S/C9H11FN2O/c1-6(2)7-3-11-5-9(10)8(7)4-12-13/h3-6,13H,1-2H3/b12-4+. The molecule has 1 heterocycles. The molecule has 0 saturated heterocycles. The molecule has 0 bridgehead atoms. The number of halogens is 1. The maximum Gasteiger partial charge on any atom is 0.150 e. The molecule has 0 amide bonds. The van der Waals surface area contributed by atoms with Crippen LogP contribution >= 0.6 is 0 Å². The summed E-state index contributed by atoms with van der Waals surface area (Å²) < 4.78 is 13.1. The van der Waals surface area contributed by atoms with E-state index in [1.54, 1.807) is 6.20 Å². The third kappa shape index (κ3) is 2.02. The van der Waals surface area contributed by atoms with Crippen LogP contribution < -0.4 is 0 Å². The molecule has 0 unspecified atom stereocenters. The predicted octanol–water partition coefficient (Wildman–Crippen LogP) is 2.15. The molecule has 70 valence electrons. The number of hydrogen-bond acceptors (Lipinski definition) is 3. The second kappa shape index (κ2) is 3.98. The summed E-state index contributed by atoms with van der Waals surface area (Å²) in [6, 6.07) is 0. The van der Waals surface area contributed by atoms with Crippen molar-refractivity contribution in [1.82, 2.24) is 4.98 Å². The van der Waals surface area contributed by atoms with Crippen molar-refractivity contribution in [3.05, 3.63) is 29.3 Å². The van der Waals surface area contributed by atoms with E-state index in [1.807, 2.05) is 13.8 Å². The average molecular weight is 182 g/mol. The first-order valence-electron chi connectivity index (χ1n) is 3.97. The maximum absolute atomic E-state index is 13.1. The van der Waals surface area contributed by atoms with Gasteiger partial charge in [0.05, 0.1) is 12.4 Å². The number of nitrogens with zero attached hydrogens (tertiary/aromatic N) is 2. The molecule has 0 atom stereocenters. The minimum absolute atomic E-state index is 0.149. The molecule has 0 aliphatic carbocycles. The smallest absolute Gasteiger partial charge is 0.150 e. The normalized spacial score (nSPS) is 11.4. The minimum Gasteiger partial charge on any atom is -0.411 e. The minimum atomic E-state index is -0.469. The van der Waals surface area contributed by atoms with E-state index in [0.717, 1.165) is 18.0 Å². The number of pyridine rings is 1. The molecule has 4 heteroatoms. The molecule has 1 aromatic heterocycles. The molecule has 0 spiro atoms. The average Bonchev–Trinajstić information content (AvgIpc) is 2.08. The molecule has 13 heavy (non-hydrogen) atoms. The van der Waals surface area contributed by atoms with E-state index in [1.165, 1.54) is 0 Å². The Kier molecular flexibility index (Phi) is 2.95. The van der Waals surface area contributed by atoms with Crippen molar-refractivity contribution < 1.29 is 9.60 Å². The molecule has 0 aromatic carbocycles. The van der Waals surface area contributed by atoms with Gasteiger partial charge < -0.3 is 5.21 Å². The van der Waals surface area contributed by atoms with Gasteiger partial charge in [-0.15, -0.1) is 0 Å². The van der Waals surface area contributed by atoms with Gasteiger partial charge in [0.2, 0.25) is 0 Å². The molecular formula is C9H11FN2O. The molecule has 0 aliphatic heterocycles. The first-order valence-corrected chi connectivity index (χ1v) is 3.97. The van der Waals surface area contributed by atoms with Crippen molar-refractivity contribution >= 4 is 6.21 Å². The zero-order valence-electron chi connectivity index (χ0n) is 7.53. The van der Waals surface area contributed by atoms with Gasteiger partial charge >= 0.3 is 0 Å². The van der Waals surface area contributed by atoms with Crippen LogP contribution in [-0.4, -0.2) is 16.4 Å². The van der Waals surface area contributed by atoms with Crippen LogP contribution in [0.2, 0.25) is 0 Å². The molecular weight excluding hydrogens is 171 g/mol. The lowest BCUT2D eigenvalue weighted by Crippen LogP contribution is -2.00. The maximum atomic E-state index is 13.1. The fourth-order valence-corrected chi connectivity index (χ4v) is 1.11. The number of rotatable bonds is 2. The van der Waals surface area contributed by atoms with Gasteiger partial charge in [-0.1, -0.05) is 19.0 Å². The fourth-order valence-electron chi connectivity index (χ4n) is 1.11. The Balaban J connectivity index is 3.25. The van der Waals surface area contributed by atoms with E-state index in [0.29, 0.717) is 5.56 Å². The summed E-state index contributed by atoms with van der Waals surface area (Å²) in [5, 5.41) is 11.1. The van der Waals surface area contributed by atoms with Gasteiger partial charge in [0.25, 0.3) is 0 Å². The Morgan fingerprint density at radius 1 is 1.54 bits per heavy atom. The van der Waals surface area contributed by atoms with Crippen LogP contribution in [0, 0.1) is 5.82 Å². The van der Waals surface area contributed by atoms with Gasteiger partial charge in [-0.3, -0.25) is 4.98 Å². The van der Waals surface area contributed by atoms with Gasteiger partial charge in [-0.05, 0) is 11.5 Å². The Hall–Kier alpha value is -1.45. The highest BCUT2D eigenvalue weighted by Gasteiger charge is 2.09. The number of aromatic nitrogens is 1. The first-order chi connectivity index (χ1) is 6.16. The summed E-state index contributed by atoms with van der Waals surface area (Å²) in [6.07, 6.45) is 3.76. The zero-order chi connectivity index (χ0) is 9.84. The molecule has 0 fully saturated rings. The highest BCUT2D eigenvalue weighted by Crippen LogP contribution is 2.18. The molecule has 0 aliphatic rings. The highest BCUT2D eigenvalue weighted by molar-refractivity contribution is 5.81. The third-order valence-electron chi connectivity index (χ3n) is 1.78. The van der Waals surface area contributed by atoms with Gasteiger partial charge in [0.1, 0.15) is 0 Å². The van der Waals surface area contributed by atoms with Crippen LogP contribution in [0.5, 0.6) is 0 Å². The lowest BCUT2D eigenvalue weighted by Gasteiger charge is -2.08. The van der Waals surface area contributed by atoms with E-state index in [9.17, 15) is 4.39 Å². The summed E-state index contributed by atoms with van der Waals surface area (Å²) in [7, 11) is 0. The largest absolute Gasteiger partial charge is 0.411 e. The van der Waals surface area contributed by atoms with Crippen molar-refractivity contribution in [2.45, 2.75) is 19.8 Å². The lowest BCUT2D eigenvalue weighted by atomic mass is 10.0. The quantitative estimate of drug-likeness (QED) is 0.432. The predicted molar refractivity (Wildman–Crippen MR) is 47.7 cm³/mol. The van der Waals surface area contributed by atoms with Crippen molar-refractivity contribution in [3.8, 4) is 0 Å². The monoisotopic (exact) mass is 182 g/mol. The van der Waals surface area contributed by atoms with E-state index in [-0.39, 0.29) is 5.92 Å². The van der Waals surface area contributed by atoms with Crippen molar-refractivity contribution in [2.24, 2.45) is 5.16 Å². The van der Waals surface area contributed by atoms with Crippen LogP contribution in [0.3, 0.4) is 0 Å². The summed E-state index contributed by atoms with van der Waals surface area (Å²) >= 11 is 0. The second-order valence-corrected chi connectivity index (χ2v) is 3.02. The summed E-state index contributed by atoms with van der Waals surface area (Å²) in [4.78, 5) is 3.73. The SMILES string of the molecule is CC(C)c1cncc(F)c1/C=N/O. The van der Waals surface area contributed by atoms with Crippen molar-refractivity contribution in [3.63, 3.8) is 0 Å². The first kappa shape index (κ1) is 9.64. The Labute approximate surface area is 75.9 Å². The van der Waals surface area contributed by atoms with Crippen LogP contribution in [0.1, 0.15) is 30.9 Å². The van der Waals surface area contributed by atoms with E-state index in [4.69, 9.17) is 5.21 Å². The van der Waals surface area contributed by atoms with Gasteiger partial charge in [0.15, 0.2) is 5.82 Å². The number of hydrogen-bond donors (Lipinski definition) is 1. The van der Waals surface area contributed by atoms with Crippen molar-refractivity contribution in [1.29, 1.82) is 0 Å². The van der Waals surface area contributed by atoms with E-state index >= 15 is 0 Å². The van der Waals surface area contributed by atoms with Gasteiger partial charge in [-0.2, -0.15) is 0 Å². The third-order valence-corrected chi connectivity index (χ3v) is 1.78. The molecule has 1 rings (SSSR count). The number of oxime groups is 1. The van der Waals surface area contributed by atoms with Gasteiger partial charge in [-0.25, -0.2) is 4.39 Å². The molecule has 3 nitrogen and oxygen atoms in total. The molecule has 0 radical (unpaired) electrons. The topological polar surface area (TPSA) is 45.5 Å². The fraction of sp³-hybridized carbons (Fsp3) is 0.333. The molecule has 1 aromatic rings. The van der Waals surface area contributed by atoms with Crippen LogP contribution in [0.15, 0.2) is 17.5 Å². The Morgan fingerprint density at radius 3 is 2.77 bits per heavy atom. The summed E-state index contributed by atoms with van der Waals surface area (Å²) in [6.45, 7) is 3.84. The second-order valence-electron chi connectivity index (χ2n) is 3.02. The lowest BCUT2D eigenvalue weighted by molar-refractivity contribution is 0.321. The van der Waals surface area contributed by atoms with Crippen molar-refractivity contribution in [2.75, 3.05) is 0 Å². The Bertz CT molecular complexity index is 323. The van der Waals surface area contributed by atoms with Crippen LogP contribution in [0.4, 0.5) is 4.39 Å². The van der Waals surface area contributed by atoms with Crippen LogP contribution in [-0.2, 0) is 0 Å². The van der Waals surface area contributed by atoms with Crippen LogP contribution in [0.25, 0.3) is 0 Å². The van der Waals surface area contributed by atoms with E-state index in [2.05, 4.69) is 10.1 Å². The Morgan fingerprint density at radius 2 is 2.23 bits per heavy atom. The highest BCUT2D eigenvalue weighted by atomic mass is 19.1. The molecule has 0 saturated carbocycles.